The van der Waals surface area contributed by atoms with Gasteiger partial charge >= 0.3 is 35.9 Å². The zero-order valence-electron chi connectivity index (χ0n) is 48.1. The summed E-state index contributed by atoms with van der Waals surface area (Å²) in [5.74, 6) is -3.06. The summed E-state index contributed by atoms with van der Waals surface area (Å²) in [6.45, 7) is 16.4. The third-order valence-corrected chi connectivity index (χ3v) is 12.8. The van der Waals surface area contributed by atoms with Crippen LogP contribution in [0.1, 0.15) is 216 Å². The molecule has 0 aliphatic carbocycles. The van der Waals surface area contributed by atoms with E-state index in [1.807, 2.05) is 39.8 Å². The lowest BCUT2D eigenvalue weighted by Crippen LogP contribution is -2.43. The van der Waals surface area contributed by atoms with Gasteiger partial charge in [0.05, 0.1) is 24.4 Å². The molecule has 5 atom stereocenters. The van der Waals surface area contributed by atoms with Crippen LogP contribution in [0.4, 0.5) is 4.79 Å². The van der Waals surface area contributed by atoms with Crippen molar-refractivity contribution in [3.05, 3.63) is 0 Å². The van der Waals surface area contributed by atoms with Gasteiger partial charge in [0.2, 0.25) is 0 Å². The summed E-state index contributed by atoms with van der Waals surface area (Å²) in [7, 11) is 5.62. The highest BCUT2D eigenvalue weighted by Crippen LogP contribution is 2.17. The molecule has 5 unspecified atom stereocenters. The normalized spacial score (nSPS) is 13.5. The third kappa shape index (κ3) is 41.2. The number of carbonyl (C=O) groups excluding carboxylic acids is 7. The summed E-state index contributed by atoms with van der Waals surface area (Å²) in [5.41, 5.74) is 0. The van der Waals surface area contributed by atoms with Crippen molar-refractivity contribution in [1.29, 1.82) is 0 Å². The first kappa shape index (κ1) is 71.3. The number of aliphatic hydroxyl groups excluding tert-OH is 1. The third-order valence-electron chi connectivity index (χ3n) is 12.8. The highest BCUT2D eigenvalue weighted by Gasteiger charge is 2.25. The Morgan fingerprint density at radius 1 is 0.466 bits per heavy atom. The van der Waals surface area contributed by atoms with Crippen LogP contribution in [0.2, 0.25) is 0 Å². The van der Waals surface area contributed by atoms with E-state index in [2.05, 4.69) is 27.7 Å². The number of hydrogen-bond acceptors (Lipinski definition) is 14. The van der Waals surface area contributed by atoms with Gasteiger partial charge in [-0.15, -0.1) is 0 Å². The SMILES string of the molecule is CCCCCCC(C)C(=O)OCC(CO)OC(=O)CCCN(CCCC(=O)OC(COC(=O)C(C)CCCCCC)COC(=O)C(C)CCCCCC)C(=O)N(C)CCCN(C)C.CCCCCCC(C)C=O. The van der Waals surface area contributed by atoms with E-state index in [1.165, 1.54) is 25.7 Å². The first-order valence-electron chi connectivity index (χ1n) is 28.5. The number of aliphatic hydroxyl groups is 1. The Balaban J connectivity index is 0. The molecule has 1 N–H and O–H groups in total. The van der Waals surface area contributed by atoms with E-state index in [4.69, 9.17) is 23.7 Å². The van der Waals surface area contributed by atoms with Crippen LogP contribution in [-0.2, 0) is 52.5 Å². The van der Waals surface area contributed by atoms with Crippen LogP contribution in [0.5, 0.6) is 0 Å². The van der Waals surface area contributed by atoms with E-state index in [-0.39, 0.29) is 88.3 Å². The Hall–Kier alpha value is -3.79. The van der Waals surface area contributed by atoms with Crippen LogP contribution < -0.4 is 0 Å². The number of ether oxygens (including phenoxy) is 5. The van der Waals surface area contributed by atoms with Gasteiger partial charge in [0.15, 0.2) is 12.2 Å². The number of esters is 5. The lowest BCUT2D eigenvalue weighted by atomic mass is 10.0. The van der Waals surface area contributed by atoms with Gasteiger partial charge in [-0.25, -0.2) is 4.79 Å². The minimum atomic E-state index is -1.01. The Bertz CT molecular complexity index is 1400. The van der Waals surface area contributed by atoms with Crippen molar-refractivity contribution in [3.8, 4) is 0 Å². The molecule has 0 rings (SSSR count). The first-order valence-corrected chi connectivity index (χ1v) is 28.5. The van der Waals surface area contributed by atoms with E-state index < -0.39 is 48.7 Å². The molecule has 0 spiro atoms. The molecule has 0 aliphatic rings. The fourth-order valence-electron chi connectivity index (χ4n) is 7.72. The summed E-state index contributed by atoms with van der Waals surface area (Å²) >= 11 is 0. The van der Waals surface area contributed by atoms with Crippen LogP contribution in [0.15, 0.2) is 0 Å². The summed E-state index contributed by atoms with van der Waals surface area (Å²) in [6.07, 6.45) is 20.9. The van der Waals surface area contributed by atoms with Crippen molar-refractivity contribution in [3.63, 3.8) is 0 Å². The second-order valence-corrected chi connectivity index (χ2v) is 20.6. The fourth-order valence-corrected chi connectivity index (χ4v) is 7.72. The van der Waals surface area contributed by atoms with Crippen LogP contribution >= 0.6 is 0 Å². The molecule has 0 aliphatic heterocycles. The van der Waals surface area contributed by atoms with Crippen molar-refractivity contribution in [2.24, 2.45) is 23.7 Å². The van der Waals surface area contributed by atoms with Crippen molar-refractivity contribution < 1.29 is 62.4 Å². The number of rotatable bonds is 45. The van der Waals surface area contributed by atoms with Crippen LogP contribution in [-0.4, -0.2) is 148 Å². The number of urea groups is 1. The van der Waals surface area contributed by atoms with E-state index in [9.17, 15) is 38.7 Å². The smallest absolute Gasteiger partial charge is 0.319 e. The number of aldehydes is 1. The van der Waals surface area contributed by atoms with Gasteiger partial charge in [0.25, 0.3) is 0 Å². The fraction of sp³-hybridized carbons (Fsp3) is 0.877. The molecule has 16 nitrogen and oxygen atoms in total. The minimum absolute atomic E-state index is 0.0533. The maximum atomic E-state index is 13.6. The maximum Gasteiger partial charge on any atom is 0.319 e. The number of nitrogens with zero attached hydrogens (tertiary/aromatic N) is 3. The second kappa shape index (κ2) is 47.9. The molecule has 0 saturated heterocycles. The van der Waals surface area contributed by atoms with Crippen molar-refractivity contribution in [1.82, 2.24) is 14.7 Å². The molecule has 428 valence electrons. The standard InChI is InChI=1S/C48H89N3O12.C9H18O/c1-10-13-16-19-25-38(4)45(55)59-35-41(34-52)62-43(53)28-22-32-51(48(58)50(9)31-24-30-49(7)8)33-23-29-44(54)63-42(36-60-46(56)39(5)26-20-17-14-11-2)37-61-47(57)40(6)27-21-18-15-12-3;1-3-4-5-6-7-9(2)8-10/h38-42,52H,10-37H2,1-9H3;8-9H,3-7H2,1-2H3. The summed E-state index contributed by atoms with van der Waals surface area (Å²) in [6, 6.07) is -0.260. The van der Waals surface area contributed by atoms with E-state index in [0.717, 1.165) is 103 Å². The molecule has 0 aromatic carbocycles. The predicted molar refractivity (Wildman–Crippen MR) is 289 cm³/mol. The highest BCUT2D eigenvalue weighted by molar-refractivity contribution is 5.75. The lowest BCUT2D eigenvalue weighted by molar-refractivity contribution is -0.169. The van der Waals surface area contributed by atoms with E-state index in [1.54, 1.807) is 23.8 Å². The van der Waals surface area contributed by atoms with Gasteiger partial charge in [-0.3, -0.25) is 24.0 Å². The molecular formula is C57H107N3O13. The van der Waals surface area contributed by atoms with Gasteiger partial charge in [-0.2, -0.15) is 0 Å². The molecule has 0 bridgehead atoms. The Morgan fingerprint density at radius 3 is 1.19 bits per heavy atom. The first-order chi connectivity index (χ1) is 34.9. The van der Waals surface area contributed by atoms with Gasteiger partial charge in [0, 0.05) is 45.4 Å². The van der Waals surface area contributed by atoms with Crippen molar-refractivity contribution in [2.45, 2.75) is 228 Å². The van der Waals surface area contributed by atoms with Gasteiger partial charge in [-0.1, -0.05) is 158 Å². The summed E-state index contributed by atoms with van der Waals surface area (Å²) < 4.78 is 27.6. The number of hydrogen-bond donors (Lipinski definition) is 1. The molecule has 0 heterocycles. The predicted octanol–water partition coefficient (Wildman–Crippen LogP) is 10.9. The molecule has 16 heteroatoms. The van der Waals surface area contributed by atoms with Crippen molar-refractivity contribution >= 4 is 42.2 Å². The van der Waals surface area contributed by atoms with E-state index in [0.29, 0.717) is 25.8 Å². The summed E-state index contributed by atoms with van der Waals surface area (Å²) in [5, 5.41) is 9.80. The zero-order valence-corrected chi connectivity index (χ0v) is 48.1. The Morgan fingerprint density at radius 2 is 0.836 bits per heavy atom. The van der Waals surface area contributed by atoms with Crippen LogP contribution in [0, 0.1) is 23.7 Å². The summed E-state index contributed by atoms with van der Waals surface area (Å²) in [4.78, 5) is 93.1. The average Bonchev–Trinajstić information content (AvgIpc) is 3.37. The second-order valence-electron chi connectivity index (χ2n) is 20.6. The van der Waals surface area contributed by atoms with Gasteiger partial charge in [0.1, 0.15) is 26.1 Å². The molecular weight excluding hydrogens is 935 g/mol. The van der Waals surface area contributed by atoms with Crippen LogP contribution in [0.25, 0.3) is 0 Å². The van der Waals surface area contributed by atoms with Gasteiger partial charge in [-0.05, 0) is 65.6 Å². The number of amides is 2. The van der Waals surface area contributed by atoms with Crippen molar-refractivity contribution in [2.75, 3.05) is 73.7 Å². The monoisotopic (exact) mass is 1040 g/mol. The molecule has 0 radical (unpaired) electrons. The molecule has 0 aromatic heterocycles. The van der Waals surface area contributed by atoms with Gasteiger partial charge < -0.3 is 48.3 Å². The topological polar surface area (TPSA) is 196 Å². The molecule has 2 amide bonds. The van der Waals surface area contributed by atoms with Crippen LogP contribution in [0.3, 0.4) is 0 Å². The lowest BCUT2D eigenvalue weighted by Gasteiger charge is -2.29. The quantitative estimate of drug-likeness (QED) is 0.0262. The minimum Gasteiger partial charge on any atom is -0.461 e. The zero-order chi connectivity index (χ0) is 55.2. The molecule has 0 saturated carbocycles. The Labute approximate surface area is 443 Å². The number of carbonyl (C=O) groups is 7. The highest BCUT2D eigenvalue weighted by atomic mass is 16.6. The van der Waals surface area contributed by atoms with E-state index >= 15 is 0 Å². The molecule has 0 aromatic rings. The number of unbranched alkanes of at least 4 members (excludes halogenated alkanes) is 12. The average molecular weight is 1040 g/mol. The largest absolute Gasteiger partial charge is 0.461 e. The molecule has 73 heavy (non-hydrogen) atoms. The molecule has 0 fully saturated rings. The Kier molecular flexibility index (Phi) is 46.8. The maximum absolute atomic E-state index is 13.6.